The maximum absolute atomic E-state index is 12.1. The summed E-state index contributed by atoms with van der Waals surface area (Å²) < 4.78 is 0. The van der Waals surface area contributed by atoms with Crippen LogP contribution in [-0.2, 0) is 0 Å². The van der Waals surface area contributed by atoms with E-state index >= 15 is 0 Å². The van der Waals surface area contributed by atoms with Crippen LogP contribution in [0.15, 0.2) is 6.07 Å². The summed E-state index contributed by atoms with van der Waals surface area (Å²) in [6.45, 7) is 3.23. The average molecular weight is 265 g/mol. The Hall–Kier alpha value is -1.98. The van der Waals surface area contributed by atoms with E-state index in [-0.39, 0.29) is 11.7 Å². The van der Waals surface area contributed by atoms with Crippen LogP contribution in [0.3, 0.4) is 0 Å². The first-order chi connectivity index (χ1) is 9.08. The Balaban J connectivity index is 2.07. The number of carbonyl (C=O) groups excluding carboxylic acids is 1. The first-order valence-corrected chi connectivity index (χ1v) is 6.57. The van der Waals surface area contributed by atoms with Gasteiger partial charge in [0, 0.05) is 18.8 Å². The molecule has 1 fully saturated rings. The number of carboxylic acids is 1. The minimum atomic E-state index is -1.07. The van der Waals surface area contributed by atoms with Crippen molar-refractivity contribution in [3.05, 3.63) is 17.5 Å². The molecular formula is C13H19N3O3. The van der Waals surface area contributed by atoms with Gasteiger partial charge in [0.15, 0.2) is 0 Å². The third-order valence-electron chi connectivity index (χ3n) is 3.30. The molecule has 1 aromatic rings. The third-order valence-corrected chi connectivity index (χ3v) is 3.30. The summed E-state index contributed by atoms with van der Waals surface area (Å²) in [6, 6.07) is 1.42. The van der Waals surface area contributed by atoms with Gasteiger partial charge in [-0.05, 0) is 25.8 Å². The first-order valence-electron chi connectivity index (χ1n) is 6.57. The first kappa shape index (κ1) is 13.5. The Bertz CT molecular complexity index is 473. The number of anilines is 1. The van der Waals surface area contributed by atoms with Crippen molar-refractivity contribution in [2.45, 2.75) is 32.6 Å². The molecule has 1 aliphatic heterocycles. The number of carboxylic acid groups (broad SMARTS) is 1. The molecule has 19 heavy (non-hydrogen) atoms. The number of aromatic nitrogens is 1. The molecule has 104 valence electrons. The highest BCUT2D eigenvalue weighted by atomic mass is 16.4. The molecule has 0 unspecified atom stereocenters. The van der Waals surface area contributed by atoms with E-state index in [2.05, 4.69) is 10.3 Å². The Morgan fingerprint density at radius 3 is 2.47 bits per heavy atom. The number of likely N-dealkylation sites (tertiary alicyclic amines) is 1. The quantitative estimate of drug-likeness (QED) is 0.767. The minimum Gasteiger partial charge on any atom is -0.477 e. The molecule has 2 amide bonds. The number of nitrogens with one attached hydrogen (secondary N) is 2. The monoisotopic (exact) mass is 265 g/mol. The molecule has 0 atom stereocenters. The predicted octanol–water partition coefficient (Wildman–Crippen LogP) is 2.43. The smallest absolute Gasteiger partial charge is 0.354 e. The van der Waals surface area contributed by atoms with Crippen molar-refractivity contribution < 1.29 is 14.7 Å². The fourth-order valence-corrected chi connectivity index (χ4v) is 2.32. The largest absolute Gasteiger partial charge is 0.477 e. The number of H-pyrrole nitrogens is 1. The van der Waals surface area contributed by atoms with Gasteiger partial charge in [-0.15, -0.1) is 0 Å². The Kier molecular flexibility index (Phi) is 4.09. The van der Waals surface area contributed by atoms with Gasteiger partial charge >= 0.3 is 12.0 Å². The van der Waals surface area contributed by atoms with Crippen LogP contribution < -0.4 is 5.32 Å². The molecule has 2 heterocycles. The lowest BCUT2D eigenvalue weighted by Gasteiger charge is -2.20. The standard InChI is InChI=1S/C13H19N3O3/c1-9-8-10(11(14-9)12(17)18)15-13(19)16-6-4-2-3-5-7-16/h8,14H,2-7H2,1H3,(H,15,19)(H,17,18). The molecule has 6 heteroatoms. The van der Waals surface area contributed by atoms with E-state index in [0.29, 0.717) is 11.4 Å². The van der Waals surface area contributed by atoms with E-state index < -0.39 is 5.97 Å². The number of amides is 2. The third kappa shape index (κ3) is 3.27. The van der Waals surface area contributed by atoms with Crippen LogP contribution in [0.2, 0.25) is 0 Å². The van der Waals surface area contributed by atoms with Crippen LogP contribution in [0.4, 0.5) is 10.5 Å². The molecule has 0 aromatic carbocycles. The molecule has 0 bridgehead atoms. The van der Waals surface area contributed by atoms with Crippen molar-refractivity contribution in [2.24, 2.45) is 0 Å². The van der Waals surface area contributed by atoms with Crippen molar-refractivity contribution in [3.63, 3.8) is 0 Å². The summed E-state index contributed by atoms with van der Waals surface area (Å²) >= 11 is 0. The molecule has 0 saturated carbocycles. The van der Waals surface area contributed by atoms with Gasteiger partial charge in [0.25, 0.3) is 0 Å². The van der Waals surface area contributed by atoms with Crippen molar-refractivity contribution in [3.8, 4) is 0 Å². The number of hydrogen-bond acceptors (Lipinski definition) is 2. The molecule has 0 aliphatic carbocycles. The topological polar surface area (TPSA) is 85.4 Å². The van der Waals surface area contributed by atoms with Crippen molar-refractivity contribution >= 4 is 17.7 Å². The van der Waals surface area contributed by atoms with Gasteiger partial charge in [-0.25, -0.2) is 9.59 Å². The number of aromatic carboxylic acids is 1. The van der Waals surface area contributed by atoms with Gasteiger partial charge < -0.3 is 20.3 Å². The fourth-order valence-electron chi connectivity index (χ4n) is 2.32. The summed E-state index contributed by atoms with van der Waals surface area (Å²) in [5, 5.41) is 11.7. The number of carbonyl (C=O) groups is 2. The zero-order chi connectivity index (χ0) is 13.8. The predicted molar refractivity (Wildman–Crippen MR) is 71.5 cm³/mol. The molecule has 1 aliphatic rings. The second-order valence-corrected chi connectivity index (χ2v) is 4.88. The van der Waals surface area contributed by atoms with Gasteiger partial charge in [-0.1, -0.05) is 12.8 Å². The summed E-state index contributed by atoms with van der Waals surface area (Å²) in [6.07, 6.45) is 4.30. The molecule has 0 spiro atoms. The maximum Gasteiger partial charge on any atom is 0.354 e. The highest BCUT2D eigenvalue weighted by Gasteiger charge is 2.19. The van der Waals surface area contributed by atoms with Gasteiger partial charge in [-0.3, -0.25) is 0 Å². The van der Waals surface area contributed by atoms with Crippen LogP contribution in [0.5, 0.6) is 0 Å². The van der Waals surface area contributed by atoms with Crippen LogP contribution >= 0.6 is 0 Å². The lowest BCUT2D eigenvalue weighted by atomic mass is 10.2. The van der Waals surface area contributed by atoms with E-state index in [1.807, 2.05) is 0 Å². The van der Waals surface area contributed by atoms with Gasteiger partial charge in [-0.2, -0.15) is 0 Å². The Labute approximate surface area is 111 Å². The maximum atomic E-state index is 12.1. The number of rotatable bonds is 2. The molecule has 1 aromatic heterocycles. The van der Waals surface area contributed by atoms with Crippen molar-refractivity contribution in [2.75, 3.05) is 18.4 Å². The van der Waals surface area contributed by atoms with Crippen LogP contribution in [0, 0.1) is 6.92 Å². The van der Waals surface area contributed by atoms with Gasteiger partial charge in [0.05, 0.1) is 5.69 Å². The van der Waals surface area contributed by atoms with Gasteiger partial charge in [0.2, 0.25) is 0 Å². The minimum absolute atomic E-state index is 0.0284. The zero-order valence-electron chi connectivity index (χ0n) is 11.0. The average Bonchev–Trinajstić information content (AvgIpc) is 2.58. The Morgan fingerprint density at radius 1 is 1.26 bits per heavy atom. The summed E-state index contributed by atoms with van der Waals surface area (Å²) in [7, 11) is 0. The number of aromatic amines is 1. The number of aryl methyl sites for hydroxylation is 1. The van der Waals surface area contributed by atoms with E-state index in [9.17, 15) is 9.59 Å². The van der Waals surface area contributed by atoms with E-state index in [1.165, 1.54) is 0 Å². The van der Waals surface area contributed by atoms with Crippen molar-refractivity contribution in [1.29, 1.82) is 0 Å². The molecule has 3 N–H and O–H groups in total. The highest BCUT2D eigenvalue weighted by molar-refractivity contribution is 5.99. The molecule has 0 radical (unpaired) electrons. The Morgan fingerprint density at radius 2 is 1.89 bits per heavy atom. The molecule has 2 rings (SSSR count). The number of hydrogen-bond donors (Lipinski definition) is 3. The lowest BCUT2D eigenvalue weighted by molar-refractivity contribution is 0.0692. The van der Waals surface area contributed by atoms with E-state index in [4.69, 9.17) is 5.11 Å². The summed E-state index contributed by atoms with van der Waals surface area (Å²) in [5.74, 6) is -1.07. The van der Waals surface area contributed by atoms with Crippen molar-refractivity contribution in [1.82, 2.24) is 9.88 Å². The van der Waals surface area contributed by atoms with E-state index in [1.54, 1.807) is 17.9 Å². The summed E-state index contributed by atoms with van der Waals surface area (Å²) in [5.41, 5.74) is 1.07. The molecule has 1 saturated heterocycles. The summed E-state index contributed by atoms with van der Waals surface area (Å²) in [4.78, 5) is 27.6. The van der Waals surface area contributed by atoms with E-state index in [0.717, 1.165) is 38.8 Å². The van der Waals surface area contributed by atoms with Crippen LogP contribution in [-0.4, -0.2) is 40.1 Å². The zero-order valence-corrected chi connectivity index (χ0v) is 11.0. The highest BCUT2D eigenvalue weighted by Crippen LogP contribution is 2.18. The normalized spacial score (nSPS) is 15.9. The number of urea groups is 1. The second-order valence-electron chi connectivity index (χ2n) is 4.88. The van der Waals surface area contributed by atoms with Gasteiger partial charge in [0.1, 0.15) is 5.69 Å². The number of nitrogens with zero attached hydrogens (tertiary/aromatic N) is 1. The van der Waals surface area contributed by atoms with Crippen LogP contribution in [0.25, 0.3) is 0 Å². The lowest BCUT2D eigenvalue weighted by Crippen LogP contribution is -2.35. The SMILES string of the molecule is Cc1cc(NC(=O)N2CCCCCC2)c(C(=O)O)[nH]1. The molecule has 6 nitrogen and oxygen atoms in total. The fraction of sp³-hybridized carbons (Fsp3) is 0.538. The molecular weight excluding hydrogens is 246 g/mol. The van der Waals surface area contributed by atoms with Crippen LogP contribution in [0.1, 0.15) is 41.9 Å². The second kappa shape index (κ2) is 5.77.